The molecule has 1 fully saturated rings. The minimum absolute atomic E-state index is 0.0472. The molecule has 1 aliphatic carbocycles. The van der Waals surface area contributed by atoms with Crippen molar-refractivity contribution in [1.82, 2.24) is 0 Å². The van der Waals surface area contributed by atoms with Crippen LogP contribution in [0.15, 0.2) is 42.5 Å². The highest BCUT2D eigenvalue weighted by molar-refractivity contribution is 7.19. The molecule has 4 atom stereocenters. The van der Waals surface area contributed by atoms with Crippen LogP contribution in [0.4, 0.5) is 4.39 Å². The van der Waals surface area contributed by atoms with E-state index in [0.717, 1.165) is 34.2 Å². The van der Waals surface area contributed by atoms with Gasteiger partial charge in [0.2, 0.25) is 0 Å². The number of Topliss-reactive ketones (excluding diaryl/α,β-unsaturated/α-hetero) is 1. The number of aliphatic hydroxyl groups excluding tert-OH is 1. The summed E-state index contributed by atoms with van der Waals surface area (Å²) in [6.45, 7) is 0. The number of unbranched alkanes of at least 4 members (excludes halogenated alkanes) is 3. The van der Waals surface area contributed by atoms with E-state index in [1.165, 1.54) is 11.3 Å². The minimum atomic E-state index is -1.20. The number of alkyl halides is 1. The van der Waals surface area contributed by atoms with Crippen LogP contribution in [0.25, 0.3) is 10.1 Å². The molecule has 2 aromatic rings. The number of carboxylic acids is 1. The largest absolute Gasteiger partial charge is 0.481 e. The number of benzene rings is 1. The molecule has 0 saturated heterocycles. The summed E-state index contributed by atoms with van der Waals surface area (Å²) in [7, 11) is 0. The van der Waals surface area contributed by atoms with Crippen LogP contribution < -0.4 is 0 Å². The fourth-order valence-electron chi connectivity index (χ4n) is 4.03. The molecule has 0 bridgehead atoms. The number of carbonyl (C=O) groups is 2. The van der Waals surface area contributed by atoms with Gasteiger partial charge in [-0.15, -0.1) is 11.3 Å². The molecule has 1 aliphatic rings. The topological polar surface area (TPSA) is 74.6 Å². The SMILES string of the molecule is O=C(O)CCCCCC[C@H]1C(=O)C[C@H](F)[C@@H]1/C=C/[C@@H](O)c1cc2ccccc2s1. The standard InChI is InChI=1S/C23H27FO4S/c24-18-14-20(26)17(8-3-1-2-4-10-23(27)28)16(18)11-12-19(25)22-13-15-7-5-6-9-21(15)29-22/h5-7,9,11-13,16-19,25H,1-4,8,10,14H2,(H,27,28)/b12-11+/t16-,17-,18+,19-/m1/s1. The van der Waals surface area contributed by atoms with Gasteiger partial charge in [-0.2, -0.15) is 0 Å². The van der Waals surface area contributed by atoms with E-state index in [1.54, 1.807) is 12.2 Å². The van der Waals surface area contributed by atoms with E-state index in [9.17, 15) is 19.1 Å². The van der Waals surface area contributed by atoms with Crippen LogP contribution in [0.3, 0.4) is 0 Å². The van der Waals surface area contributed by atoms with E-state index in [1.807, 2.05) is 30.3 Å². The quantitative estimate of drug-likeness (QED) is 0.397. The second-order valence-electron chi connectivity index (χ2n) is 7.73. The maximum Gasteiger partial charge on any atom is 0.303 e. The predicted molar refractivity (Wildman–Crippen MR) is 113 cm³/mol. The lowest BCUT2D eigenvalue weighted by molar-refractivity contribution is -0.137. The lowest BCUT2D eigenvalue weighted by atomic mass is 9.89. The van der Waals surface area contributed by atoms with E-state index >= 15 is 0 Å². The summed E-state index contributed by atoms with van der Waals surface area (Å²) < 4.78 is 15.5. The molecule has 3 rings (SSSR count). The zero-order valence-corrected chi connectivity index (χ0v) is 17.1. The Labute approximate surface area is 174 Å². The van der Waals surface area contributed by atoms with Crippen molar-refractivity contribution in [2.75, 3.05) is 0 Å². The van der Waals surface area contributed by atoms with Crippen molar-refractivity contribution >= 4 is 33.2 Å². The molecular formula is C23H27FO4S. The van der Waals surface area contributed by atoms with Crippen LogP contribution >= 0.6 is 11.3 Å². The molecule has 4 nitrogen and oxygen atoms in total. The zero-order chi connectivity index (χ0) is 20.8. The number of ketones is 1. The van der Waals surface area contributed by atoms with Crippen LogP contribution in [0.5, 0.6) is 0 Å². The van der Waals surface area contributed by atoms with Crippen molar-refractivity contribution < 1.29 is 24.2 Å². The predicted octanol–water partition coefficient (Wildman–Crippen LogP) is 5.46. The molecule has 0 amide bonds. The highest BCUT2D eigenvalue weighted by Crippen LogP contribution is 2.37. The summed E-state index contributed by atoms with van der Waals surface area (Å²) in [6.07, 6.45) is 5.05. The third kappa shape index (κ3) is 5.73. The first-order chi connectivity index (χ1) is 14.0. The minimum Gasteiger partial charge on any atom is -0.481 e. The Morgan fingerprint density at radius 1 is 1.24 bits per heavy atom. The van der Waals surface area contributed by atoms with Gasteiger partial charge in [0.05, 0.1) is 0 Å². The molecule has 0 aliphatic heterocycles. The molecule has 29 heavy (non-hydrogen) atoms. The van der Waals surface area contributed by atoms with Crippen molar-refractivity contribution in [2.45, 2.75) is 57.2 Å². The Morgan fingerprint density at radius 3 is 2.76 bits per heavy atom. The number of carbonyl (C=O) groups excluding carboxylic acids is 1. The summed E-state index contributed by atoms with van der Waals surface area (Å²) in [5, 5.41) is 20.2. The number of fused-ring (bicyclic) bond motifs is 1. The molecule has 0 spiro atoms. The van der Waals surface area contributed by atoms with Crippen LogP contribution in [-0.2, 0) is 9.59 Å². The number of hydrogen-bond donors (Lipinski definition) is 2. The summed E-state index contributed by atoms with van der Waals surface area (Å²) in [6, 6.07) is 9.83. The smallest absolute Gasteiger partial charge is 0.303 e. The van der Waals surface area contributed by atoms with E-state index in [4.69, 9.17) is 5.11 Å². The number of hydrogen-bond acceptors (Lipinski definition) is 4. The molecule has 0 radical (unpaired) electrons. The number of allylic oxidation sites excluding steroid dienone is 1. The van der Waals surface area contributed by atoms with Crippen molar-refractivity contribution in [3.63, 3.8) is 0 Å². The Kier molecular flexibility index (Phi) is 7.56. The summed E-state index contributed by atoms with van der Waals surface area (Å²) in [5.41, 5.74) is 0. The van der Waals surface area contributed by atoms with E-state index in [-0.39, 0.29) is 24.5 Å². The third-order valence-corrected chi connectivity index (χ3v) is 6.79. The first-order valence-corrected chi connectivity index (χ1v) is 11.0. The lowest BCUT2D eigenvalue weighted by Gasteiger charge is -2.17. The van der Waals surface area contributed by atoms with Gasteiger partial charge in [-0.25, -0.2) is 4.39 Å². The van der Waals surface area contributed by atoms with Gasteiger partial charge < -0.3 is 10.2 Å². The summed E-state index contributed by atoms with van der Waals surface area (Å²) >= 11 is 1.51. The average molecular weight is 419 g/mol. The van der Waals surface area contributed by atoms with Gasteiger partial charge in [0.15, 0.2) is 0 Å². The second-order valence-corrected chi connectivity index (χ2v) is 8.85. The summed E-state index contributed by atoms with van der Waals surface area (Å²) in [5.74, 6) is -1.69. The molecular weight excluding hydrogens is 391 g/mol. The Balaban J connectivity index is 1.56. The highest BCUT2D eigenvalue weighted by atomic mass is 32.1. The van der Waals surface area contributed by atoms with Gasteiger partial charge in [-0.3, -0.25) is 9.59 Å². The second kappa shape index (κ2) is 10.1. The van der Waals surface area contributed by atoms with Crippen LogP contribution in [0, 0.1) is 11.8 Å². The number of aliphatic hydroxyl groups is 1. The Morgan fingerprint density at radius 2 is 2.00 bits per heavy atom. The van der Waals surface area contributed by atoms with Crippen molar-refractivity contribution in [3.05, 3.63) is 47.4 Å². The first-order valence-electron chi connectivity index (χ1n) is 10.2. The average Bonchev–Trinajstić information content (AvgIpc) is 3.23. The summed E-state index contributed by atoms with van der Waals surface area (Å²) in [4.78, 5) is 23.6. The molecule has 6 heteroatoms. The Hall–Kier alpha value is -2.05. The number of halogens is 1. The first kappa shape index (κ1) is 21.7. The van der Waals surface area contributed by atoms with E-state index < -0.39 is 24.2 Å². The fraction of sp³-hybridized carbons (Fsp3) is 0.478. The third-order valence-electron chi connectivity index (χ3n) is 5.60. The van der Waals surface area contributed by atoms with Gasteiger partial charge in [0.1, 0.15) is 18.1 Å². The van der Waals surface area contributed by atoms with E-state index in [2.05, 4.69) is 0 Å². The highest BCUT2D eigenvalue weighted by Gasteiger charge is 2.40. The number of carboxylic acid groups (broad SMARTS) is 1. The lowest BCUT2D eigenvalue weighted by Crippen LogP contribution is -2.16. The number of thiophene rings is 1. The molecule has 1 aromatic heterocycles. The molecule has 1 heterocycles. The maximum absolute atomic E-state index is 14.4. The molecule has 2 N–H and O–H groups in total. The number of rotatable bonds is 10. The fourth-order valence-corrected chi connectivity index (χ4v) is 5.06. The molecule has 1 aromatic carbocycles. The van der Waals surface area contributed by atoms with Gasteiger partial charge in [0, 0.05) is 34.3 Å². The number of aliphatic carboxylic acids is 1. The van der Waals surface area contributed by atoms with Gasteiger partial charge in [0.25, 0.3) is 0 Å². The maximum atomic E-state index is 14.4. The zero-order valence-electron chi connectivity index (χ0n) is 16.3. The van der Waals surface area contributed by atoms with Gasteiger partial charge >= 0.3 is 5.97 Å². The molecule has 1 saturated carbocycles. The van der Waals surface area contributed by atoms with Gasteiger partial charge in [-0.05, 0) is 30.4 Å². The van der Waals surface area contributed by atoms with Crippen LogP contribution in [0.2, 0.25) is 0 Å². The van der Waals surface area contributed by atoms with Crippen molar-refractivity contribution in [3.8, 4) is 0 Å². The Bertz CT molecular complexity index is 842. The van der Waals surface area contributed by atoms with Crippen molar-refractivity contribution in [2.24, 2.45) is 11.8 Å². The normalized spacial score (nSPS) is 23.2. The monoisotopic (exact) mass is 418 g/mol. The van der Waals surface area contributed by atoms with Gasteiger partial charge in [-0.1, -0.05) is 49.6 Å². The van der Waals surface area contributed by atoms with Crippen LogP contribution in [-0.4, -0.2) is 28.1 Å². The van der Waals surface area contributed by atoms with Crippen LogP contribution in [0.1, 0.15) is 55.9 Å². The molecule has 0 unspecified atom stereocenters. The molecule has 156 valence electrons. The van der Waals surface area contributed by atoms with E-state index in [0.29, 0.717) is 12.8 Å². The van der Waals surface area contributed by atoms with Crippen molar-refractivity contribution in [1.29, 1.82) is 0 Å².